The zero-order chi connectivity index (χ0) is 12.7. The van der Waals surface area contributed by atoms with Crippen LogP contribution in [0, 0.1) is 10.1 Å². The predicted octanol–water partition coefficient (Wildman–Crippen LogP) is 2.48. The van der Waals surface area contributed by atoms with Crippen LogP contribution in [0.4, 0.5) is 5.69 Å². The zero-order valence-corrected chi connectivity index (χ0v) is 11.2. The van der Waals surface area contributed by atoms with E-state index < -0.39 is 0 Å². The lowest BCUT2D eigenvalue weighted by molar-refractivity contribution is -0.385. The minimum absolute atomic E-state index is 0.136. The Labute approximate surface area is 108 Å². The molecule has 0 bridgehead atoms. The molecule has 6 heteroatoms. The van der Waals surface area contributed by atoms with Crippen molar-refractivity contribution < 1.29 is 9.66 Å². The van der Waals surface area contributed by atoms with Crippen molar-refractivity contribution >= 4 is 21.6 Å². The average Bonchev–Trinajstić information content (AvgIpc) is 2.28. The molecule has 0 spiro atoms. The molecule has 1 aromatic carbocycles. The van der Waals surface area contributed by atoms with Crippen molar-refractivity contribution in [3.05, 3.63) is 38.3 Å². The van der Waals surface area contributed by atoms with Crippen LogP contribution < -0.4 is 5.32 Å². The van der Waals surface area contributed by atoms with Crippen LogP contribution >= 0.6 is 15.9 Å². The van der Waals surface area contributed by atoms with Gasteiger partial charge in [-0.3, -0.25) is 10.1 Å². The summed E-state index contributed by atoms with van der Waals surface area (Å²) < 4.78 is 6.00. The van der Waals surface area contributed by atoms with Gasteiger partial charge in [-0.1, -0.05) is 15.9 Å². The highest BCUT2D eigenvalue weighted by molar-refractivity contribution is 9.10. The SMILES string of the molecule is CCOCCNCc1cc(Br)ccc1[N+](=O)[O-]. The molecule has 0 aliphatic carbocycles. The summed E-state index contributed by atoms with van der Waals surface area (Å²) in [6.07, 6.45) is 0. The quantitative estimate of drug-likeness (QED) is 0.477. The molecule has 0 aromatic heterocycles. The van der Waals surface area contributed by atoms with Crippen LogP contribution in [0.3, 0.4) is 0 Å². The molecule has 0 heterocycles. The first-order valence-corrected chi connectivity index (χ1v) is 6.15. The fourth-order valence-corrected chi connectivity index (χ4v) is 1.79. The predicted molar refractivity (Wildman–Crippen MR) is 69.0 cm³/mol. The van der Waals surface area contributed by atoms with Crippen LogP contribution in [0.5, 0.6) is 0 Å². The molecular weight excluding hydrogens is 288 g/mol. The van der Waals surface area contributed by atoms with Crippen LogP contribution in [0.25, 0.3) is 0 Å². The lowest BCUT2D eigenvalue weighted by Crippen LogP contribution is -2.19. The van der Waals surface area contributed by atoms with Crippen LogP contribution in [0.2, 0.25) is 0 Å². The van der Waals surface area contributed by atoms with Crippen LogP contribution in [-0.4, -0.2) is 24.7 Å². The lowest BCUT2D eigenvalue weighted by Gasteiger charge is -2.06. The summed E-state index contributed by atoms with van der Waals surface area (Å²) in [5, 5.41) is 13.9. The highest BCUT2D eigenvalue weighted by Gasteiger charge is 2.12. The first-order valence-electron chi connectivity index (χ1n) is 5.36. The average molecular weight is 303 g/mol. The van der Waals surface area contributed by atoms with E-state index in [0.29, 0.717) is 31.9 Å². The minimum Gasteiger partial charge on any atom is -0.380 e. The van der Waals surface area contributed by atoms with E-state index in [1.165, 1.54) is 6.07 Å². The Bertz CT molecular complexity index is 385. The van der Waals surface area contributed by atoms with Crippen LogP contribution in [0.1, 0.15) is 12.5 Å². The Hall–Kier alpha value is -0.980. The van der Waals surface area contributed by atoms with E-state index in [1.54, 1.807) is 12.1 Å². The van der Waals surface area contributed by atoms with Crippen molar-refractivity contribution in [2.75, 3.05) is 19.8 Å². The highest BCUT2D eigenvalue weighted by Crippen LogP contribution is 2.22. The van der Waals surface area contributed by atoms with Crippen molar-refractivity contribution in [2.24, 2.45) is 0 Å². The summed E-state index contributed by atoms with van der Waals surface area (Å²) in [4.78, 5) is 10.4. The van der Waals surface area contributed by atoms with E-state index in [1.807, 2.05) is 6.92 Å². The molecule has 0 fully saturated rings. The van der Waals surface area contributed by atoms with Gasteiger partial charge < -0.3 is 10.1 Å². The van der Waals surface area contributed by atoms with E-state index in [2.05, 4.69) is 21.2 Å². The van der Waals surface area contributed by atoms with E-state index in [9.17, 15) is 10.1 Å². The molecule has 0 amide bonds. The molecule has 0 aliphatic rings. The fourth-order valence-electron chi connectivity index (χ4n) is 1.39. The van der Waals surface area contributed by atoms with Gasteiger partial charge in [0, 0.05) is 35.8 Å². The van der Waals surface area contributed by atoms with Crippen molar-refractivity contribution in [1.29, 1.82) is 0 Å². The van der Waals surface area contributed by atoms with Gasteiger partial charge in [0.1, 0.15) is 0 Å². The van der Waals surface area contributed by atoms with Crippen molar-refractivity contribution in [2.45, 2.75) is 13.5 Å². The summed E-state index contributed by atoms with van der Waals surface area (Å²) >= 11 is 3.30. The maximum atomic E-state index is 10.8. The van der Waals surface area contributed by atoms with Gasteiger partial charge in [-0.2, -0.15) is 0 Å². The number of ether oxygens (including phenoxy) is 1. The number of nitro groups is 1. The second-order valence-electron chi connectivity index (χ2n) is 3.40. The lowest BCUT2D eigenvalue weighted by atomic mass is 10.2. The Kier molecular flexibility index (Phi) is 6.10. The minimum atomic E-state index is -0.369. The van der Waals surface area contributed by atoms with Crippen molar-refractivity contribution in [1.82, 2.24) is 5.32 Å². The number of halogens is 1. The molecule has 5 nitrogen and oxygen atoms in total. The van der Waals surface area contributed by atoms with Gasteiger partial charge in [0.25, 0.3) is 5.69 Å². The zero-order valence-electron chi connectivity index (χ0n) is 9.61. The second kappa shape index (κ2) is 7.37. The standard InChI is InChI=1S/C11H15BrN2O3/c1-2-17-6-5-13-8-9-7-10(12)3-4-11(9)14(15)16/h3-4,7,13H,2,5-6,8H2,1H3. The van der Waals surface area contributed by atoms with Crippen LogP contribution in [-0.2, 0) is 11.3 Å². The van der Waals surface area contributed by atoms with Gasteiger partial charge in [0.15, 0.2) is 0 Å². The Morgan fingerprint density at radius 2 is 2.29 bits per heavy atom. The topological polar surface area (TPSA) is 64.4 Å². The molecule has 1 aromatic rings. The summed E-state index contributed by atoms with van der Waals surface area (Å²) in [6.45, 7) is 4.36. The van der Waals surface area contributed by atoms with E-state index >= 15 is 0 Å². The highest BCUT2D eigenvalue weighted by atomic mass is 79.9. The molecule has 1 N–H and O–H groups in total. The van der Waals surface area contributed by atoms with Crippen molar-refractivity contribution in [3.63, 3.8) is 0 Å². The molecule has 0 saturated heterocycles. The third-order valence-electron chi connectivity index (χ3n) is 2.18. The number of nitrogens with zero attached hydrogens (tertiary/aromatic N) is 1. The molecule has 1 rings (SSSR count). The van der Waals surface area contributed by atoms with Gasteiger partial charge in [-0.05, 0) is 19.1 Å². The van der Waals surface area contributed by atoms with Gasteiger partial charge >= 0.3 is 0 Å². The summed E-state index contributed by atoms with van der Waals surface area (Å²) in [6, 6.07) is 4.93. The van der Waals surface area contributed by atoms with E-state index in [0.717, 1.165) is 4.47 Å². The Morgan fingerprint density at radius 1 is 1.53 bits per heavy atom. The molecule has 0 aliphatic heterocycles. The molecule has 0 atom stereocenters. The smallest absolute Gasteiger partial charge is 0.273 e. The van der Waals surface area contributed by atoms with Crippen molar-refractivity contribution in [3.8, 4) is 0 Å². The Morgan fingerprint density at radius 3 is 2.94 bits per heavy atom. The normalized spacial score (nSPS) is 10.5. The second-order valence-corrected chi connectivity index (χ2v) is 4.32. The van der Waals surface area contributed by atoms with Gasteiger partial charge in [0.05, 0.1) is 11.5 Å². The summed E-state index contributed by atoms with van der Waals surface area (Å²) in [5.41, 5.74) is 0.804. The molecule has 0 unspecified atom stereocenters. The number of hydrogen-bond acceptors (Lipinski definition) is 4. The number of hydrogen-bond donors (Lipinski definition) is 1. The molecule has 94 valence electrons. The van der Waals surface area contributed by atoms with E-state index in [4.69, 9.17) is 4.74 Å². The summed E-state index contributed by atoms with van der Waals surface area (Å²) in [7, 11) is 0. The Balaban J connectivity index is 2.56. The maximum absolute atomic E-state index is 10.8. The third-order valence-corrected chi connectivity index (χ3v) is 2.67. The molecule has 0 saturated carbocycles. The van der Waals surface area contributed by atoms with Gasteiger partial charge in [0.2, 0.25) is 0 Å². The number of rotatable bonds is 7. The first kappa shape index (κ1) is 14.1. The number of benzene rings is 1. The molecule has 0 radical (unpaired) electrons. The number of nitrogens with one attached hydrogen (secondary N) is 1. The van der Waals surface area contributed by atoms with Crippen LogP contribution in [0.15, 0.2) is 22.7 Å². The first-order chi connectivity index (χ1) is 8.15. The molecular formula is C11H15BrN2O3. The fraction of sp³-hybridized carbons (Fsp3) is 0.455. The maximum Gasteiger partial charge on any atom is 0.273 e. The van der Waals surface area contributed by atoms with Gasteiger partial charge in [-0.25, -0.2) is 0 Å². The molecule has 17 heavy (non-hydrogen) atoms. The summed E-state index contributed by atoms with van der Waals surface area (Å²) in [5.74, 6) is 0. The monoisotopic (exact) mass is 302 g/mol. The number of nitro benzene ring substituents is 1. The largest absolute Gasteiger partial charge is 0.380 e. The van der Waals surface area contributed by atoms with Gasteiger partial charge in [-0.15, -0.1) is 0 Å². The van der Waals surface area contributed by atoms with E-state index in [-0.39, 0.29) is 10.6 Å². The third kappa shape index (κ3) is 4.80.